The quantitative estimate of drug-likeness (QED) is 0.389. The number of rotatable bonds is 8. The van der Waals surface area contributed by atoms with E-state index in [9.17, 15) is 9.59 Å². The van der Waals surface area contributed by atoms with Crippen LogP contribution in [0, 0.1) is 0 Å². The summed E-state index contributed by atoms with van der Waals surface area (Å²) in [5.74, 6) is -0.127. The summed E-state index contributed by atoms with van der Waals surface area (Å²) in [6.45, 7) is 2.47. The van der Waals surface area contributed by atoms with E-state index in [1.165, 1.54) is 13.3 Å². The molecule has 8 nitrogen and oxygen atoms in total. The third kappa shape index (κ3) is 6.39. The summed E-state index contributed by atoms with van der Waals surface area (Å²) in [6, 6.07) is 10.4. The van der Waals surface area contributed by atoms with Crippen molar-refractivity contribution in [3.8, 4) is 17.2 Å². The van der Waals surface area contributed by atoms with Crippen LogP contribution in [-0.2, 0) is 16.1 Å². The summed E-state index contributed by atoms with van der Waals surface area (Å²) in [5.41, 5.74) is 3.56. The Labute approximate surface area is 173 Å². The van der Waals surface area contributed by atoms with E-state index in [4.69, 9.17) is 25.8 Å². The van der Waals surface area contributed by atoms with Crippen LogP contribution in [-0.4, -0.2) is 38.9 Å². The second kappa shape index (κ2) is 10.9. The molecule has 0 fully saturated rings. The number of hydrogen-bond acceptors (Lipinski definition) is 6. The topological polar surface area (TPSA) is 98.2 Å². The number of nitrogens with one attached hydrogen (secondary N) is 2. The molecule has 29 heavy (non-hydrogen) atoms. The van der Waals surface area contributed by atoms with E-state index < -0.39 is 11.8 Å². The van der Waals surface area contributed by atoms with Gasteiger partial charge in [0, 0.05) is 6.54 Å². The normalized spacial score (nSPS) is 10.5. The third-order valence-corrected chi connectivity index (χ3v) is 4.02. The molecule has 0 aromatic heterocycles. The Morgan fingerprint density at radius 2 is 1.83 bits per heavy atom. The Balaban J connectivity index is 1.91. The summed E-state index contributed by atoms with van der Waals surface area (Å²) in [6.07, 6.45) is 1.35. The van der Waals surface area contributed by atoms with Gasteiger partial charge in [-0.05, 0) is 42.3 Å². The van der Waals surface area contributed by atoms with E-state index in [0.717, 1.165) is 5.56 Å². The first-order valence-electron chi connectivity index (χ1n) is 8.73. The fourth-order valence-electron chi connectivity index (χ4n) is 2.32. The predicted octanol–water partition coefficient (Wildman–Crippen LogP) is 2.52. The van der Waals surface area contributed by atoms with Crippen molar-refractivity contribution in [1.29, 1.82) is 0 Å². The Hall–Kier alpha value is -3.26. The highest BCUT2D eigenvalue weighted by atomic mass is 35.5. The van der Waals surface area contributed by atoms with Crippen molar-refractivity contribution < 1.29 is 23.8 Å². The molecule has 2 rings (SSSR count). The fourth-order valence-corrected chi connectivity index (χ4v) is 2.59. The van der Waals surface area contributed by atoms with E-state index in [1.54, 1.807) is 43.5 Å². The van der Waals surface area contributed by atoms with Gasteiger partial charge in [-0.25, -0.2) is 5.43 Å². The smallest absolute Gasteiger partial charge is 0.329 e. The van der Waals surface area contributed by atoms with E-state index in [0.29, 0.717) is 34.4 Å². The average Bonchev–Trinajstić information content (AvgIpc) is 2.73. The van der Waals surface area contributed by atoms with E-state index in [-0.39, 0.29) is 6.54 Å². The lowest BCUT2D eigenvalue weighted by atomic mass is 10.2. The molecule has 0 bridgehead atoms. The highest BCUT2D eigenvalue weighted by molar-refractivity contribution is 6.35. The summed E-state index contributed by atoms with van der Waals surface area (Å²) in [5, 5.41) is 6.63. The number of carbonyl (C=O) groups excluding carboxylic acids is 2. The Kier molecular flexibility index (Phi) is 8.29. The molecule has 154 valence electrons. The van der Waals surface area contributed by atoms with Crippen molar-refractivity contribution in [2.24, 2.45) is 5.10 Å². The molecule has 9 heteroatoms. The zero-order chi connectivity index (χ0) is 21.2. The van der Waals surface area contributed by atoms with Crippen molar-refractivity contribution in [1.82, 2.24) is 10.7 Å². The van der Waals surface area contributed by atoms with Gasteiger partial charge in [0.05, 0.1) is 32.1 Å². The molecule has 0 heterocycles. The predicted molar refractivity (Wildman–Crippen MR) is 110 cm³/mol. The Morgan fingerprint density at radius 3 is 2.45 bits per heavy atom. The van der Waals surface area contributed by atoms with Gasteiger partial charge in [-0.2, -0.15) is 5.10 Å². The number of nitrogens with zero attached hydrogens (tertiary/aromatic N) is 1. The van der Waals surface area contributed by atoms with Gasteiger partial charge in [0.25, 0.3) is 0 Å². The van der Waals surface area contributed by atoms with Gasteiger partial charge >= 0.3 is 11.8 Å². The minimum atomic E-state index is -0.890. The standard InChI is InChI=1S/C20H22ClN3O5/c1-4-29-18-16(21)9-14(10-17(18)28-3)12-23-24-20(26)19(25)22-11-13-5-7-15(27-2)8-6-13/h5-10,12H,4,11H2,1-3H3,(H,22,25)(H,24,26)/b23-12-. The number of benzene rings is 2. The molecule has 0 aliphatic carbocycles. The third-order valence-electron chi connectivity index (χ3n) is 3.74. The summed E-state index contributed by atoms with van der Waals surface area (Å²) < 4.78 is 15.7. The van der Waals surface area contributed by atoms with Crippen molar-refractivity contribution in [2.75, 3.05) is 20.8 Å². The molecular formula is C20H22ClN3O5. The first-order chi connectivity index (χ1) is 14.0. The Bertz CT molecular complexity index is 884. The molecule has 0 unspecified atom stereocenters. The largest absolute Gasteiger partial charge is 0.497 e. The van der Waals surface area contributed by atoms with Crippen LogP contribution in [0.25, 0.3) is 0 Å². The summed E-state index contributed by atoms with van der Waals surface area (Å²) in [7, 11) is 3.06. The molecule has 0 saturated heterocycles. The maximum absolute atomic E-state index is 11.9. The first kappa shape index (κ1) is 22.0. The minimum Gasteiger partial charge on any atom is -0.497 e. The summed E-state index contributed by atoms with van der Waals surface area (Å²) in [4.78, 5) is 23.7. The van der Waals surface area contributed by atoms with Crippen LogP contribution in [0.15, 0.2) is 41.5 Å². The molecule has 0 radical (unpaired) electrons. The van der Waals surface area contributed by atoms with E-state index in [1.807, 2.05) is 6.92 Å². The lowest BCUT2D eigenvalue weighted by Crippen LogP contribution is -2.37. The number of hydrogen-bond donors (Lipinski definition) is 2. The SMILES string of the molecule is CCOc1c(Cl)cc(/C=N\NC(=O)C(=O)NCc2ccc(OC)cc2)cc1OC. The molecule has 2 aromatic carbocycles. The number of amides is 2. The zero-order valence-electron chi connectivity index (χ0n) is 16.3. The second-order valence-electron chi connectivity index (χ2n) is 5.70. The molecule has 0 atom stereocenters. The summed E-state index contributed by atoms with van der Waals surface area (Å²) >= 11 is 6.18. The van der Waals surface area contributed by atoms with Gasteiger partial charge in [-0.15, -0.1) is 0 Å². The average molecular weight is 420 g/mol. The number of methoxy groups -OCH3 is 2. The van der Waals surface area contributed by atoms with Crippen molar-refractivity contribution in [2.45, 2.75) is 13.5 Å². The van der Waals surface area contributed by atoms with Crippen molar-refractivity contribution in [3.63, 3.8) is 0 Å². The van der Waals surface area contributed by atoms with Gasteiger partial charge in [-0.3, -0.25) is 9.59 Å². The van der Waals surface area contributed by atoms with Gasteiger partial charge in [-0.1, -0.05) is 23.7 Å². The zero-order valence-corrected chi connectivity index (χ0v) is 17.1. The maximum atomic E-state index is 11.9. The highest BCUT2D eigenvalue weighted by Gasteiger charge is 2.13. The number of hydrazone groups is 1. The van der Waals surface area contributed by atoms with Crippen LogP contribution in [0.1, 0.15) is 18.1 Å². The molecule has 0 aliphatic heterocycles. The molecule has 2 N–H and O–H groups in total. The molecular weight excluding hydrogens is 398 g/mol. The minimum absolute atomic E-state index is 0.200. The molecule has 0 spiro atoms. The van der Waals surface area contributed by atoms with Gasteiger partial charge in [0.2, 0.25) is 0 Å². The van der Waals surface area contributed by atoms with Gasteiger partial charge in [0.1, 0.15) is 5.75 Å². The monoisotopic (exact) mass is 419 g/mol. The lowest BCUT2D eigenvalue weighted by Gasteiger charge is -2.11. The first-order valence-corrected chi connectivity index (χ1v) is 9.10. The van der Waals surface area contributed by atoms with Crippen LogP contribution >= 0.6 is 11.6 Å². The number of halogens is 1. The van der Waals surface area contributed by atoms with Gasteiger partial charge < -0.3 is 19.5 Å². The molecule has 2 aromatic rings. The van der Waals surface area contributed by atoms with Crippen LogP contribution in [0.4, 0.5) is 0 Å². The van der Waals surface area contributed by atoms with E-state index in [2.05, 4.69) is 15.8 Å². The lowest BCUT2D eigenvalue weighted by molar-refractivity contribution is -0.139. The molecule has 0 saturated carbocycles. The fraction of sp³-hybridized carbons (Fsp3) is 0.250. The van der Waals surface area contributed by atoms with Crippen molar-refractivity contribution in [3.05, 3.63) is 52.5 Å². The molecule has 0 aliphatic rings. The second-order valence-corrected chi connectivity index (χ2v) is 6.10. The van der Waals surface area contributed by atoms with Crippen LogP contribution in [0.3, 0.4) is 0 Å². The molecule has 2 amide bonds. The number of carbonyl (C=O) groups is 2. The van der Waals surface area contributed by atoms with Crippen LogP contribution in [0.2, 0.25) is 5.02 Å². The van der Waals surface area contributed by atoms with Gasteiger partial charge in [0.15, 0.2) is 11.5 Å². The maximum Gasteiger partial charge on any atom is 0.329 e. The number of ether oxygens (including phenoxy) is 3. The Morgan fingerprint density at radius 1 is 1.10 bits per heavy atom. The van der Waals surface area contributed by atoms with Crippen molar-refractivity contribution >= 4 is 29.6 Å². The highest BCUT2D eigenvalue weighted by Crippen LogP contribution is 2.35. The van der Waals surface area contributed by atoms with Crippen LogP contribution < -0.4 is 25.0 Å². The van der Waals surface area contributed by atoms with E-state index >= 15 is 0 Å². The van der Waals surface area contributed by atoms with Crippen LogP contribution in [0.5, 0.6) is 17.2 Å².